The minimum absolute atomic E-state index is 0.196. The Hall–Kier alpha value is -2.90. The predicted molar refractivity (Wildman–Crippen MR) is 129 cm³/mol. The van der Waals surface area contributed by atoms with Gasteiger partial charge in [0.25, 0.3) is 5.91 Å². The van der Waals surface area contributed by atoms with E-state index in [0.29, 0.717) is 24.2 Å². The van der Waals surface area contributed by atoms with Crippen molar-refractivity contribution >= 4 is 58.3 Å². The van der Waals surface area contributed by atoms with E-state index >= 15 is 0 Å². The Balaban J connectivity index is 1.37. The number of alkyl halides is 2. The van der Waals surface area contributed by atoms with E-state index in [1.165, 1.54) is 24.3 Å². The Bertz CT molecular complexity index is 1120. The molecule has 0 unspecified atom stereocenters. The number of halogens is 2. The van der Waals surface area contributed by atoms with Crippen LogP contribution in [0.4, 0.5) is 11.4 Å². The highest BCUT2D eigenvalue weighted by atomic mass is 35.5. The monoisotopic (exact) mass is 502 g/mol. The number of hydrogen-bond acceptors (Lipinski definition) is 5. The molecule has 2 aromatic rings. The molecule has 9 heteroatoms. The molecule has 1 saturated carbocycles. The molecule has 0 aromatic heterocycles. The number of carbonyl (C=O) groups is 4. The maximum atomic E-state index is 12.9. The maximum absolute atomic E-state index is 12.9. The number of fused-ring (bicyclic) bond motifs is 1. The first-order chi connectivity index (χ1) is 16.2. The summed E-state index contributed by atoms with van der Waals surface area (Å²) in [6.07, 6.45) is 0.714. The highest BCUT2D eigenvalue weighted by Gasteiger charge is 2.52. The Morgan fingerprint density at radius 1 is 0.971 bits per heavy atom. The van der Waals surface area contributed by atoms with Crippen LogP contribution in [0.25, 0.3) is 0 Å². The summed E-state index contributed by atoms with van der Waals surface area (Å²) < 4.78 is 5.11. The van der Waals surface area contributed by atoms with E-state index in [0.717, 1.165) is 16.0 Å². The van der Waals surface area contributed by atoms with Gasteiger partial charge in [0.05, 0.1) is 33.8 Å². The fraction of sp³-hybridized carbons (Fsp3) is 0.360. The summed E-state index contributed by atoms with van der Waals surface area (Å²) in [5.41, 5.74) is 3.20. The average Bonchev–Trinajstić information content (AvgIpc) is 3.04. The van der Waals surface area contributed by atoms with Gasteiger partial charge >= 0.3 is 5.97 Å². The lowest BCUT2D eigenvalue weighted by atomic mass is 9.80. The molecule has 4 atom stereocenters. The van der Waals surface area contributed by atoms with E-state index in [9.17, 15) is 19.2 Å². The fourth-order valence-corrected chi connectivity index (χ4v) is 5.04. The van der Waals surface area contributed by atoms with Crippen molar-refractivity contribution in [2.75, 3.05) is 16.8 Å². The van der Waals surface area contributed by atoms with Crippen molar-refractivity contribution in [2.24, 2.45) is 11.8 Å². The first-order valence-electron chi connectivity index (χ1n) is 11.0. The van der Waals surface area contributed by atoms with Crippen LogP contribution >= 0.6 is 23.2 Å². The smallest absolute Gasteiger partial charge is 0.338 e. The molecule has 1 saturated heterocycles. The number of aryl methyl sites for hydroxylation is 2. The van der Waals surface area contributed by atoms with Gasteiger partial charge in [-0.1, -0.05) is 17.7 Å². The van der Waals surface area contributed by atoms with Crippen molar-refractivity contribution in [2.45, 2.75) is 37.4 Å². The highest BCUT2D eigenvalue weighted by Crippen LogP contribution is 2.43. The zero-order valence-corrected chi connectivity index (χ0v) is 20.2. The van der Waals surface area contributed by atoms with Gasteiger partial charge in [0.2, 0.25) is 11.8 Å². The van der Waals surface area contributed by atoms with E-state index in [4.69, 9.17) is 27.9 Å². The summed E-state index contributed by atoms with van der Waals surface area (Å²) in [5, 5.41) is 2.00. The predicted octanol–water partition coefficient (Wildman–Crippen LogP) is 4.21. The zero-order chi connectivity index (χ0) is 24.6. The number of carbonyl (C=O) groups excluding carboxylic acids is 4. The molecule has 2 aliphatic rings. The molecule has 34 heavy (non-hydrogen) atoms. The number of nitrogens with zero attached hydrogens (tertiary/aromatic N) is 1. The summed E-state index contributed by atoms with van der Waals surface area (Å²) in [6.45, 7) is 3.39. The van der Waals surface area contributed by atoms with Gasteiger partial charge in [-0.25, -0.2) is 4.79 Å². The number of hydrogen-bond donors (Lipinski definition) is 1. The Morgan fingerprint density at radius 2 is 1.56 bits per heavy atom. The summed E-state index contributed by atoms with van der Waals surface area (Å²) in [5.74, 6) is -2.71. The molecule has 0 bridgehead atoms. The van der Waals surface area contributed by atoms with Crippen molar-refractivity contribution < 1.29 is 23.9 Å². The van der Waals surface area contributed by atoms with Crippen LogP contribution in [-0.4, -0.2) is 41.1 Å². The second kappa shape index (κ2) is 9.76. The van der Waals surface area contributed by atoms with Gasteiger partial charge in [0, 0.05) is 5.69 Å². The highest BCUT2D eigenvalue weighted by molar-refractivity contribution is 6.31. The molecule has 2 fully saturated rings. The van der Waals surface area contributed by atoms with E-state index in [1.54, 1.807) is 6.07 Å². The molecule has 0 radical (unpaired) electrons. The lowest BCUT2D eigenvalue weighted by molar-refractivity contribution is -0.122. The zero-order valence-electron chi connectivity index (χ0n) is 18.7. The topological polar surface area (TPSA) is 92.8 Å². The van der Waals surface area contributed by atoms with Crippen LogP contribution < -0.4 is 10.2 Å². The Kier molecular flexibility index (Phi) is 6.96. The van der Waals surface area contributed by atoms with Gasteiger partial charge in [-0.3, -0.25) is 19.3 Å². The number of esters is 1. The SMILES string of the molecule is Cc1ccc(NC(=O)COC(=O)c2ccc(N3C(=O)[C@H]4C[C@@H](Cl)[C@@H](Cl)C[C@H]4C3=O)cc2)c(C)c1. The lowest BCUT2D eigenvalue weighted by Gasteiger charge is -2.28. The maximum Gasteiger partial charge on any atom is 0.338 e. The number of amides is 3. The van der Waals surface area contributed by atoms with Gasteiger partial charge in [-0.2, -0.15) is 0 Å². The van der Waals surface area contributed by atoms with Crippen LogP contribution in [0.5, 0.6) is 0 Å². The largest absolute Gasteiger partial charge is 0.452 e. The number of benzene rings is 2. The van der Waals surface area contributed by atoms with Crippen LogP contribution in [-0.2, 0) is 19.1 Å². The van der Waals surface area contributed by atoms with E-state index in [1.807, 2.05) is 26.0 Å². The second-order valence-corrected chi connectivity index (χ2v) is 9.84. The number of anilines is 2. The van der Waals surface area contributed by atoms with E-state index in [-0.39, 0.29) is 28.1 Å². The standard InChI is InChI=1S/C25H24Cl2N2O5/c1-13-3-8-21(14(2)9-13)28-22(30)12-34-25(33)15-4-6-16(7-5-15)29-23(31)17-10-19(26)20(27)11-18(17)24(29)32/h3-9,17-20H,10-12H2,1-2H3,(H,28,30)/t17-,18+,19+,20-. The molecule has 1 heterocycles. The van der Waals surface area contributed by atoms with Crippen molar-refractivity contribution in [3.63, 3.8) is 0 Å². The third-order valence-corrected chi connectivity index (χ3v) is 7.36. The molecule has 3 amide bonds. The first kappa shape index (κ1) is 24.2. The summed E-state index contributed by atoms with van der Waals surface area (Å²) in [4.78, 5) is 51.4. The molecular formula is C25H24Cl2N2O5. The Labute approximate surface area is 207 Å². The summed E-state index contributed by atoms with van der Waals surface area (Å²) in [7, 11) is 0. The number of nitrogens with one attached hydrogen (secondary N) is 1. The fourth-order valence-electron chi connectivity index (χ4n) is 4.45. The average molecular weight is 503 g/mol. The third-order valence-electron chi connectivity index (χ3n) is 6.26. The molecule has 1 N–H and O–H groups in total. The van der Waals surface area contributed by atoms with Crippen LogP contribution in [0.15, 0.2) is 42.5 Å². The first-order valence-corrected chi connectivity index (χ1v) is 11.8. The Morgan fingerprint density at radius 3 is 2.12 bits per heavy atom. The minimum atomic E-state index is -0.690. The molecule has 1 aliphatic carbocycles. The van der Waals surface area contributed by atoms with Crippen molar-refractivity contribution in [3.05, 3.63) is 59.2 Å². The number of rotatable bonds is 5. The molecular weight excluding hydrogens is 479 g/mol. The molecule has 1 aliphatic heterocycles. The van der Waals surface area contributed by atoms with Gasteiger partial charge in [-0.05, 0) is 62.6 Å². The molecule has 2 aromatic carbocycles. The molecule has 0 spiro atoms. The normalized spacial score (nSPS) is 24.1. The van der Waals surface area contributed by atoms with Crippen LogP contribution in [0, 0.1) is 25.7 Å². The molecule has 4 rings (SSSR count). The van der Waals surface area contributed by atoms with Gasteiger partial charge in [0.1, 0.15) is 0 Å². The quantitative estimate of drug-likeness (QED) is 0.375. The lowest BCUT2D eigenvalue weighted by Crippen LogP contribution is -2.34. The van der Waals surface area contributed by atoms with Crippen molar-refractivity contribution in [1.82, 2.24) is 0 Å². The second-order valence-electron chi connectivity index (χ2n) is 8.72. The van der Waals surface area contributed by atoms with Crippen LogP contribution in [0.3, 0.4) is 0 Å². The summed E-state index contributed by atoms with van der Waals surface area (Å²) >= 11 is 12.4. The molecule has 7 nitrogen and oxygen atoms in total. The van der Waals surface area contributed by atoms with Crippen molar-refractivity contribution in [1.29, 1.82) is 0 Å². The molecule has 178 valence electrons. The van der Waals surface area contributed by atoms with E-state index < -0.39 is 30.3 Å². The van der Waals surface area contributed by atoms with Crippen molar-refractivity contribution in [3.8, 4) is 0 Å². The van der Waals surface area contributed by atoms with Crippen LogP contribution in [0.1, 0.15) is 34.3 Å². The van der Waals surface area contributed by atoms with Gasteiger partial charge < -0.3 is 10.1 Å². The van der Waals surface area contributed by atoms with Gasteiger partial charge in [-0.15, -0.1) is 23.2 Å². The van der Waals surface area contributed by atoms with Gasteiger partial charge in [0.15, 0.2) is 6.61 Å². The third kappa shape index (κ3) is 4.81. The number of imide groups is 1. The summed E-state index contributed by atoms with van der Waals surface area (Å²) in [6, 6.07) is 11.5. The van der Waals surface area contributed by atoms with E-state index in [2.05, 4.69) is 5.32 Å². The minimum Gasteiger partial charge on any atom is -0.452 e. The van der Waals surface area contributed by atoms with Crippen LogP contribution in [0.2, 0.25) is 0 Å². The number of ether oxygens (including phenoxy) is 1.